The summed E-state index contributed by atoms with van der Waals surface area (Å²) in [4.78, 5) is 0. The molecule has 2 N–H and O–H groups in total. The van der Waals surface area contributed by atoms with E-state index >= 15 is 0 Å². The first-order chi connectivity index (χ1) is 5.94. The van der Waals surface area contributed by atoms with Crippen LogP contribution in [0.1, 0.15) is 27.2 Å². The zero-order chi connectivity index (χ0) is 9.80. The van der Waals surface area contributed by atoms with Crippen LogP contribution in [0.2, 0.25) is 0 Å². The quantitative estimate of drug-likeness (QED) is 0.588. The van der Waals surface area contributed by atoms with Gasteiger partial charge in [-0.15, -0.1) is 0 Å². The summed E-state index contributed by atoms with van der Waals surface area (Å²) in [5.41, 5.74) is -1.03. The number of hydrogen-bond donors (Lipinski definition) is 2. The average Bonchev–Trinajstić information content (AvgIpc) is 2.76. The highest BCUT2D eigenvalue weighted by Crippen LogP contribution is 2.48. The van der Waals surface area contributed by atoms with Crippen LogP contribution in [-0.2, 0) is 4.74 Å². The summed E-state index contributed by atoms with van der Waals surface area (Å²) in [6.07, 6.45) is 0.0666. The second-order valence-corrected chi connectivity index (χ2v) is 4.91. The summed E-state index contributed by atoms with van der Waals surface area (Å²) in [6.45, 7) is 5.94. The Morgan fingerprint density at radius 3 is 2.62 bits per heavy atom. The minimum Gasteiger partial charge on any atom is -0.390 e. The van der Waals surface area contributed by atoms with Crippen molar-refractivity contribution in [2.45, 2.75) is 51.1 Å². The largest absolute Gasteiger partial charge is 0.390 e. The first kappa shape index (κ1) is 9.44. The standard InChI is InChI=1S/C10H18O3/c1-5(2)6-4-7(11)10(3,12)9-8(6)13-9/h5-9,11-12H,4H2,1-3H3. The maximum Gasteiger partial charge on any atom is 0.116 e. The Hall–Kier alpha value is -0.120. The highest BCUT2D eigenvalue weighted by Gasteiger charge is 2.62. The molecule has 3 heteroatoms. The van der Waals surface area contributed by atoms with Crippen molar-refractivity contribution in [1.29, 1.82) is 0 Å². The van der Waals surface area contributed by atoms with Crippen molar-refractivity contribution < 1.29 is 14.9 Å². The molecule has 1 aliphatic carbocycles. The van der Waals surface area contributed by atoms with Crippen molar-refractivity contribution in [2.75, 3.05) is 0 Å². The van der Waals surface area contributed by atoms with Gasteiger partial charge in [0.25, 0.3) is 0 Å². The van der Waals surface area contributed by atoms with Gasteiger partial charge in [-0.3, -0.25) is 0 Å². The zero-order valence-corrected chi connectivity index (χ0v) is 8.40. The topological polar surface area (TPSA) is 53.0 Å². The molecule has 0 radical (unpaired) electrons. The van der Waals surface area contributed by atoms with Crippen molar-refractivity contribution in [3.05, 3.63) is 0 Å². The number of fused-ring (bicyclic) bond motifs is 1. The van der Waals surface area contributed by atoms with Gasteiger partial charge in [0.05, 0.1) is 12.2 Å². The third-order valence-electron chi connectivity index (χ3n) is 3.55. The van der Waals surface area contributed by atoms with Gasteiger partial charge < -0.3 is 14.9 Å². The molecule has 0 amide bonds. The van der Waals surface area contributed by atoms with Crippen LogP contribution in [0.15, 0.2) is 0 Å². The maximum atomic E-state index is 9.88. The molecule has 1 saturated heterocycles. The molecular weight excluding hydrogens is 168 g/mol. The predicted molar refractivity (Wildman–Crippen MR) is 48.2 cm³/mol. The molecule has 1 saturated carbocycles. The summed E-state index contributed by atoms with van der Waals surface area (Å²) in [5, 5.41) is 19.6. The van der Waals surface area contributed by atoms with Gasteiger partial charge >= 0.3 is 0 Å². The lowest BCUT2D eigenvalue weighted by Crippen LogP contribution is -2.51. The fourth-order valence-corrected chi connectivity index (χ4v) is 2.39. The van der Waals surface area contributed by atoms with Gasteiger partial charge in [-0.2, -0.15) is 0 Å². The van der Waals surface area contributed by atoms with Crippen LogP contribution in [0.3, 0.4) is 0 Å². The highest BCUT2D eigenvalue weighted by atomic mass is 16.6. The molecule has 0 aromatic rings. The van der Waals surface area contributed by atoms with Crippen LogP contribution in [0.4, 0.5) is 0 Å². The van der Waals surface area contributed by atoms with Crippen LogP contribution in [0, 0.1) is 11.8 Å². The molecule has 5 unspecified atom stereocenters. The molecule has 0 spiro atoms. The van der Waals surface area contributed by atoms with Crippen LogP contribution >= 0.6 is 0 Å². The Balaban J connectivity index is 2.12. The SMILES string of the molecule is CC(C)C1CC(O)C(C)(O)C2OC12. The van der Waals surface area contributed by atoms with Gasteiger partial charge in [-0.25, -0.2) is 0 Å². The Kier molecular flexibility index (Phi) is 1.95. The minimum absolute atomic E-state index is 0.136. The van der Waals surface area contributed by atoms with Gasteiger partial charge in [-0.05, 0) is 25.2 Å². The monoisotopic (exact) mass is 186 g/mol. The fraction of sp³-hybridized carbons (Fsp3) is 1.00. The molecule has 5 atom stereocenters. The van der Waals surface area contributed by atoms with E-state index in [1.165, 1.54) is 0 Å². The van der Waals surface area contributed by atoms with Crippen molar-refractivity contribution in [3.63, 3.8) is 0 Å². The van der Waals surface area contributed by atoms with E-state index < -0.39 is 11.7 Å². The Morgan fingerprint density at radius 2 is 2.08 bits per heavy atom. The van der Waals surface area contributed by atoms with Gasteiger partial charge in [0.2, 0.25) is 0 Å². The van der Waals surface area contributed by atoms with E-state index in [1.807, 2.05) is 0 Å². The number of hydrogen-bond acceptors (Lipinski definition) is 3. The van der Waals surface area contributed by atoms with Crippen LogP contribution in [0.5, 0.6) is 0 Å². The highest BCUT2D eigenvalue weighted by molar-refractivity contribution is 5.10. The second-order valence-electron chi connectivity index (χ2n) is 4.91. The first-order valence-electron chi connectivity index (χ1n) is 5.00. The number of ether oxygens (including phenoxy) is 1. The van der Waals surface area contributed by atoms with Gasteiger partial charge in [0.15, 0.2) is 0 Å². The zero-order valence-electron chi connectivity index (χ0n) is 8.40. The number of aliphatic hydroxyl groups excluding tert-OH is 1. The molecule has 1 aliphatic heterocycles. The summed E-state index contributed by atoms with van der Waals surface area (Å²) in [6, 6.07) is 0. The summed E-state index contributed by atoms with van der Waals surface area (Å²) in [7, 11) is 0. The van der Waals surface area contributed by atoms with Gasteiger partial charge in [0, 0.05) is 0 Å². The Labute approximate surface area is 78.7 Å². The summed E-state index contributed by atoms with van der Waals surface area (Å²) >= 11 is 0. The fourth-order valence-electron chi connectivity index (χ4n) is 2.39. The van der Waals surface area contributed by atoms with E-state index in [0.717, 1.165) is 0 Å². The second kappa shape index (κ2) is 2.69. The number of aliphatic hydroxyl groups is 2. The molecular formula is C10H18O3. The smallest absolute Gasteiger partial charge is 0.116 e. The Morgan fingerprint density at radius 1 is 1.46 bits per heavy atom. The lowest BCUT2D eigenvalue weighted by Gasteiger charge is -2.35. The molecule has 1 heterocycles. The minimum atomic E-state index is -1.03. The van der Waals surface area contributed by atoms with Crippen molar-refractivity contribution in [1.82, 2.24) is 0 Å². The molecule has 3 nitrogen and oxygen atoms in total. The van der Waals surface area contributed by atoms with Crippen molar-refractivity contribution in [3.8, 4) is 0 Å². The lowest BCUT2D eigenvalue weighted by atomic mass is 9.73. The van der Waals surface area contributed by atoms with E-state index in [4.69, 9.17) is 4.74 Å². The third-order valence-corrected chi connectivity index (χ3v) is 3.55. The molecule has 0 aromatic carbocycles. The van der Waals surface area contributed by atoms with Crippen molar-refractivity contribution >= 4 is 0 Å². The van der Waals surface area contributed by atoms with Crippen LogP contribution in [0.25, 0.3) is 0 Å². The van der Waals surface area contributed by atoms with Crippen molar-refractivity contribution in [2.24, 2.45) is 11.8 Å². The normalized spacial score (nSPS) is 54.9. The van der Waals surface area contributed by atoms with Gasteiger partial charge in [-0.1, -0.05) is 13.8 Å². The van der Waals surface area contributed by atoms with E-state index in [1.54, 1.807) is 6.92 Å². The van der Waals surface area contributed by atoms with E-state index in [0.29, 0.717) is 18.3 Å². The third kappa shape index (κ3) is 1.30. The lowest BCUT2D eigenvalue weighted by molar-refractivity contribution is -0.0950. The molecule has 2 fully saturated rings. The summed E-state index contributed by atoms with van der Waals surface area (Å²) in [5.74, 6) is 0.918. The maximum absolute atomic E-state index is 9.88. The first-order valence-corrected chi connectivity index (χ1v) is 5.00. The van der Waals surface area contributed by atoms with E-state index in [9.17, 15) is 10.2 Å². The predicted octanol–water partition coefficient (Wildman–Crippen LogP) is 0.542. The molecule has 76 valence electrons. The molecule has 2 rings (SSSR count). The van der Waals surface area contributed by atoms with E-state index in [-0.39, 0.29) is 12.2 Å². The van der Waals surface area contributed by atoms with Gasteiger partial charge in [0.1, 0.15) is 11.7 Å². The summed E-state index contributed by atoms with van der Waals surface area (Å²) < 4.78 is 5.43. The molecule has 0 aromatic heterocycles. The molecule has 13 heavy (non-hydrogen) atoms. The Bertz CT molecular complexity index is 208. The van der Waals surface area contributed by atoms with E-state index in [2.05, 4.69) is 13.8 Å². The average molecular weight is 186 g/mol. The molecule has 0 bridgehead atoms. The van der Waals surface area contributed by atoms with Crippen LogP contribution in [-0.4, -0.2) is 34.1 Å². The van der Waals surface area contributed by atoms with Crippen LogP contribution < -0.4 is 0 Å². The molecule has 2 aliphatic rings. The number of rotatable bonds is 1. The number of epoxide rings is 1.